The second kappa shape index (κ2) is 7.45. The van der Waals surface area contributed by atoms with Crippen LogP contribution in [-0.2, 0) is 9.59 Å². The monoisotopic (exact) mass is 372 g/mol. The quantitative estimate of drug-likeness (QED) is 0.868. The van der Waals surface area contributed by atoms with Gasteiger partial charge in [-0.05, 0) is 43.3 Å². The first-order chi connectivity index (χ1) is 12.4. The summed E-state index contributed by atoms with van der Waals surface area (Å²) in [5.74, 6) is -0.693. The van der Waals surface area contributed by atoms with Crippen molar-refractivity contribution < 1.29 is 14.4 Å². The first kappa shape index (κ1) is 17.8. The normalized spacial score (nSPS) is 14.4. The number of rotatable bonds is 3. The van der Waals surface area contributed by atoms with E-state index in [1.807, 2.05) is 19.1 Å². The van der Waals surface area contributed by atoms with E-state index < -0.39 is 11.9 Å². The molecule has 26 heavy (non-hydrogen) atoms. The van der Waals surface area contributed by atoms with Crippen molar-refractivity contribution in [1.82, 2.24) is 10.4 Å². The predicted molar refractivity (Wildman–Crippen MR) is 98.9 cm³/mol. The molecule has 1 saturated heterocycles. The van der Waals surface area contributed by atoms with Gasteiger partial charge in [0.05, 0.1) is 0 Å². The Morgan fingerprint density at radius 3 is 2.27 bits per heavy atom. The van der Waals surface area contributed by atoms with Crippen molar-refractivity contribution in [3.05, 3.63) is 59.1 Å². The van der Waals surface area contributed by atoms with Crippen molar-refractivity contribution in [3.63, 3.8) is 0 Å². The Hall–Kier alpha value is -3.06. The Bertz CT molecular complexity index is 835. The molecule has 0 aliphatic carbocycles. The van der Waals surface area contributed by atoms with Crippen LogP contribution in [0.25, 0.3) is 0 Å². The van der Waals surface area contributed by atoms with Crippen LogP contribution in [0, 0.1) is 6.92 Å². The summed E-state index contributed by atoms with van der Waals surface area (Å²) in [4.78, 5) is 38.0. The van der Waals surface area contributed by atoms with E-state index >= 15 is 0 Å². The molecule has 0 aromatic heterocycles. The molecular weight excluding hydrogens is 356 g/mol. The molecule has 0 radical (unpaired) electrons. The number of urea groups is 1. The molecule has 134 valence electrons. The van der Waals surface area contributed by atoms with Gasteiger partial charge in [0.1, 0.15) is 13.1 Å². The molecule has 0 unspecified atom stereocenters. The SMILES string of the molecule is Cc1ccc(NC(=O)NN2CC(=O)N(c3ccc(Cl)cc3)CC2=O)cc1. The standard InChI is InChI=1S/C18H17ClN4O3/c1-12-2-6-14(7-3-12)20-18(26)21-23-11-16(24)22(10-17(23)25)15-8-4-13(19)5-9-15/h2-9H,10-11H2,1H3,(H2,20,21,26). The molecule has 1 heterocycles. The summed E-state index contributed by atoms with van der Waals surface area (Å²) in [6.45, 7) is 1.53. The highest BCUT2D eigenvalue weighted by Gasteiger charge is 2.31. The Balaban J connectivity index is 1.61. The van der Waals surface area contributed by atoms with Crippen LogP contribution < -0.4 is 15.6 Å². The zero-order valence-electron chi connectivity index (χ0n) is 14.0. The molecule has 2 aromatic rings. The Morgan fingerprint density at radius 1 is 0.962 bits per heavy atom. The molecule has 0 saturated carbocycles. The minimum absolute atomic E-state index is 0.161. The van der Waals surface area contributed by atoms with E-state index in [4.69, 9.17) is 11.6 Å². The fraction of sp³-hybridized carbons (Fsp3) is 0.167. The molecule has 1 aliphatic rings. The average molecular weight is 373 g/mol. The van der Waals surface area contributed by atoms with Crippen molar-refractivity contribution in [2.75, 3.05) is 23.3 Å². The van der Waals surface area contributed by atoms with Crippen molar-refractivity contribution in [2.24, 2.45) is 0 Å². The average Bonchev–Trinajstić information content (AvgIpc) is 2.61. The number of benzene rings is 2. The van der Waals surface area contributed by atoms with Crippen LogP contribution in [-0.4, -0.2) is 35.9 Å². The lowest BCUT2D eigenvalue weighted by Crippen LogP contribution is -2.60. The van der Waals surface area contributed by atoms with Crippen LogP contribution in [0.3, 0.4) is 0 Å². The molecule has 2 aromatic carbocycles. The smallest absolute Gasteiger partial charge is 0.307 e. The molecule has 0 atom stereocenters. The van der Waals surface area contributed by atoms with Gasteiger partial charge >= 0.3 is 6.03 Å². The third-order valence-electron chi connectivity index (χ3n) is 3.87. The van der Waals surface area contributed by atoms with E-state index in [9.17, 15) is 14.4 Å². The summed E-state index contributed by atoms with van der Waals surface area (Å²) >= 11 is 5.84. The van der Waals surface area contributed by atoms with Crippen molar-refractivity contribution in [2.45, 2.75) is 6.92 Å². The van der Waals surface area contributed by atoms with Crippen molar-refractivity contribution >= 4 is 40.8 Å². The number of nitrogens with one attached hydrogen (secondary N) is 2. The number of hydrogen-bond donors (Lipinski definition) is 2. The van der Waals surface area contributed by atoms with Crippen LogP contribution in [0.5, 0.6) is 0 Å². The van der Waals surface area contributed by atoms with Crippen LogP contribution >= 0.6 is 11.6 Å². The van der Waals surface area contributed by atoms with Crippen molar-refractivity contribution in [1.29, 1.82) is 0 Å². The summed E-state index contributed by atoms with van der Waals surface area (Å²) in [7, 11) is 0. The zero-order valence-corrected chi connectivity index (χ0v) is 14.8. The maximum atomic E-state index is 12.3. The number of amides is 4. The molecule has 4 amide bonds. The molecule has 0 bridgehead atoms. The van der Waals surface area contributed by atoms with Crippen LogP contribution in [0.4, 0.5) is 16.2 Å². The molecular formula is C18H17ClN4O3. The van der Waals surface area contributed by atoms with Crippen LogP contribution in [0.1, 0.15) is 5.56 Å². The maximum Gasteiger partial charge on any atom is 0.338 e. The number of anilines is 2. The molecule has 1 fully saturated rings. The number of nitrogens with zero attached hydrogens (tertiary/aromatic N) is 2. The van der Waals surface area contributed by atoms with Gasteiger partial charge in [-0.15, -0.1) is 0 Å². The topological polar surface area (TPSA) is 81.8 Å². The summed E-state index contributed by atoms with van der Waals surface area (Å²) in [6, 6.07) is 13.3. The highest BCUT2D eigenvalue weighted by molar-refractivity contribution is 6.30. The summed E-state index contributed by atoms with van der Waals surface area (Å²) in [6.07, 6.45) is 0. The first-order valence-corrected chi connectivity index (χ1v) is 8.31. The van der Waals surface area contributed by atoms with Gasteiger partial charge in [-0.1, -0.05) is 29.3 Å². The lowest BCUT2D eigenvalue weighted by molar-refractivity contribution is -0.140. The second-order valence-corrected chi connectivity index (χ2v) is 6.30. The van der Waals surface area contributed by atoms with Gasteiger partial charge in [0.15, 0.2) is 0 Å². The minimum Gasteiger partial charge on any atom is -0.307 e. The van der Waals surface area contributed by atoms with E-state index in [1.54, 1.807) is 36.4 Å². The van der Waals surface area contributed by atoms with Gasteiger partial charge in [-0.2, -0.15) is 0 Å². The lowest BCUT2D eigenvalue weighted by atomic mass is 10.2. The largest absolute Gasteiger partial charge is 0.338 e. The summed E-state index contributed by atoms with van der Waals surface area (Å²) in [5, 5.41) is 4.17. The minimum atomic E-state index is -0.588. The van der Waals surface area contributed by atoms with Gasteiger partial charge in [-0.3, -0.25) is 9.59 Å². The molecule has 7 nitrogen and oxygen atoms in total. The lowest BCUT2D eigenvalue weighted by Gasteiger charge is -2.33. The van der Waals surface area contributed by atoms with Crippen LogP contribution in [0.2, 0.25) is 5.02 Å². The maximum absolute atomic E-state index is 12.3. The first-order valence-electron chi connectivity index (χ1n) is 7.93. The highest BCUT2D eigenvalue weighted by Crippen LogP contribution is 2.20. The number of piperazine rings is 1. The molecule has 3 rings (SSSR count). The predicted octanol–water partition coefficient (Wildman–Crippen LogP) is 2.56. The van der Waals surface area contributed by atoms with E-state index in [0.29, 0.717) is 16.4 Å². The molecule has 0 spiro atoms. The fourth-order valence-corrected chi connectivity index (χ4v) is 2.62. The number of carbonyl (C=O) groups excluding carboxylic acids is 3. The van der Waals surface area contributed by atoms with Gasteiger partial charge in [-0.25, -0.2) is 15.2 Å². The molecule has 8 heteroatoms. The highest BCUT2D eigenvalue weighted by atomic mass is 35.5. The zero-order chi connectivity index (χ0) is 18.7. The number of halogens is 1. The van der Waals surface area contributed by atoms with E-state index in [0.717, 1.165) is 10.6 Å². The molecule has 1 aliphatic heterocycles. The Labute approximate surface area is 155 Å². The third-order valence-corrected chi connectivity index (χ3v) is 4.13. The van der Waals surface area contributed by atoms with Gasteiger partial charge in [0, 0.05) is 16.4 Å². The van der Waals surface area contributed by atoms with Gasteiger partial charge in [0.2, 0.25) is 5.91 Å². The number of hydrazine groups is 1. The van der Waals surface area contributed by atoms with E-state index in [2.05, 4.69) is 10.7 Å². The van der Waals surface area contributed by atoms with Crippen LogP contribution in [0.15, 0.2) is 48.5 Å². The number of hydrogen-bond acceptors (Lipinski definition) is 3. The second-order valence-electron chi connectivity index (χ2n) is 5.87. The van der Waals surface area contributed by atoms with E-state index in [-0.39, 0.29) is 19.0 Å². The number of carbonyl (C=O) groups is 3. The third kappa shape index (κ3) is 4.12. The summed E-state index contributed by atoms with van der Waals surface area (Å²) in [5.41, 5.74) is 4.64. The van der Waals surface area contributed by atoms with Gasteiger partial charge in [0.25, 0.3) is 5.91 Å². The Morgan fingerprint density at radius 2 is 1.62 bits per heavy atom. The molecule has 2 N–H and O–H groups in total. The van der Waals surface area contributed by atoms with Crippen molar-refractivity contribution in [3.8, 4) is 0 Å². The number of aryl methyl sites for hydroxylation is 1. The fourth-order valence-electron chi connectivity index (χ4n) is 2.49. The van der Waals surface area contributed by atoms with E-state index in [1.165, 1.54) is 4.90 Å². The summed E-state index contributed by atoms with van der Waals surface area (Å²) < 4.78 is 0. The van der Waals surface area contributed by atoms with Gasteiger partial charge < -0.3 is 10.2 Å². The Kier molecular flexibility index (Phi) is 5.09.